The second kappa shape index (κ2) is 6.90. The molecule has 7 heteroatoms. The van der Waals surface area contributed by atoms with Crippen molar-refractivity contribution >= 4 is 34.3 Å². The number of aromatic nitrogens is 2. The zero-order valence-corrected chi connectivity index (χ0v) is 15.1. The number of rotatable bonds is 4. The van der Waals surface area contributed by atoms with Crippen molar-refractivity contribution in [3.8, 4) is 11.1 Å². The van der Waals surface area contributed by atoms with Gasteiger partial charge in [-0.15, -0.1) is 0 Å². The van der Waals surface area contributed by atoms with Crippen LogP contribution in [0.1, 0.15) is 26.3 Å². The van der Waals surface area contributed by atoms with E-state index in [2.05, 4.69) is 9.97 Å². The zero-order valence-electron chi connectivity index (χ0n) is 14.4. The van der Waals surface area contributed by atoms with Crippen molar-refractivity contribution < 1.29 is 14.0 Å². The van der Waals surface area contributed by atoms with Crippen molar-refractivity contribution in [2.24, 2.45) is 5.73 Å². The lowest BCUT2D eigenvalue weighted by atomic mass is 9.99. The molecule has 0 spiro atoms. The Bertz CT molecular complexity index is 1230. The van der Waals surface area contributed by atoms with Gasteiger partial charge in [0, 0.05) is 39.5 Å². The molecule has 0 saturated heterocycles. The van der Waals surface area contributed by atoms with Crippen LogP contribution < -0.4 is 5.73 Å². The molecule has 0 unspecified atom stereocenters. The monoisotopic (exact) mass is 393 g/mol. The van der Waals surface area contributed by atoms with Crippen LogP contribution in [-0.2, 0) is 0 Å². The summed E-state index contributed by atoms with van der Waals surface area (Å²) in [7, 11) is 0. The molecule has 0 fully saturated rings. The Morgan fingerprint density at radius 3 is 2.46 bits per heavy atom. The fourth-order valence-corrected chi connectivity index (χ4v) is 3.12. The van der Waals surface area contributed by atoms with Crippen molar-refractivity contribution in [1.29, 1.82) is 0 Å². The third-order valence-electron chi connectivity index (χ3n) is 4.45. The first-order valence-corrected chi connectivity index (χ1v) is 8.69. The molecule has 2 aromatic heterocycles. The second-order valence-corrected chi connectivity index (χ2v) is 6.65. The van der Waals surface area contributed by atoms with Crippen LogP contribution in [0.25, 0.3) is 22.2 Å². The second-order valence-electron chi connectivity index (χ2n) is 6.22. The van der Waals surface area contributed by atoms with Crippen molar-refractivity contribution in [1.82, 2.24) is 9.97 Å². The molecule has 0 atom stereocenters. The van der Waals surface area contributed by atoms with Crippen LogP contribution in [0, 0.1) is 5.82 Å². The third kappa shape index (κ3) is 3.14. The fraction of sp³-hybridized carbons (Fsp3) is 0. The normalized spacial score (nSPS) is 10.9. The van der Waals surface area contributed by atoms with Crippen LogP contribution in [0.3, 0.4) is 0 Å². The number of amides is 1. The van der Waals surface area contributed by atoms with Gasteiger partial charge in [0.25, 0.3) is 0 Å². The van der Waals surface area contributed by atoms with Crippen LogP contribution in [0.2, 0.25) is 5.02 Å². The molecule has 138 valence electrons. The standard InChI is InChI=1S/C21H13ClFN3O2/c22-14-4-1-11(2-5-14)13-8-15-17(10-26-21(15)25-9-13)19(27)16-7-12(20(24)28)3-6-18(16)23/h1-10H,(H2,24,28)(H,25,26). The van der Waals surface area contributed by atoms with E-state index in [9.17, 15) is 14.0 Å². The number of pyridine rings is 1. The number of primary amides is 1. The first-order chi connectivity index (χ1) is 13.4. The summed E-state index contributed by atoms with van der Waals surface area (Å²) in [5.74, 6) is -2.03. The van der Waals surface area contributed by atoms with E-state index in [0.717, 1.165) is 23.3 Å². The number of nitrogens with one attached hydrogen (secondary N) is 1. The summed E-state index contributed by atoms with van der Waals surface area (Å²) in [4.78, 5) is 31.6. The van der Waals surface area contributed by atoms with Gasteiger partial charge in [-0.1, -0.05) is 23.7 Å². The van der Waals surface area contributed by atoms with E-state index in [1.807, 2.05) is 12.1 Å². The first kappa shape index (κ1) is 17.9. The van der Waals surface area contributed by atoms with Gasteiger partial charge in [0.15, 0.2) is 5.78 Å². The summed E-state index contributed by atoms with van der Waals surface area (Å²) < 4.78 is 14.2. The summed E-state index contributed by atoms with van der Waals surface area (Å²) in [6.07, 6.45) is 3.15. The number of aromatic amines is 1. The highest BCUT2D eigenvalue weighted by molar-refractivity contribution is 6.30. The van der Waals surface area contributed by atoms with Gasteiger partial charge in [-0.3, -0.25) is 9.59 Å². The number of carbonyl (C=O) groups is 2. The molecule has 4 rings (SSSR count). The minimum Gasteiger partial charge on any atom is -0.366 e. The number of carbonyl (C=O) groups excluding carboxylic acids is 2. The lowest BCUT2D eigenvalue weighted by Crippen LogP contribution is -2.13. The molecule has 1 amide bonds. The van der Waals surface area contributed by atoms with Gasteiger partial charge in [0.1, 0.15) is 11.5 Å². The molecule has 5 nitrogen and oxygen atoms in total. The molecule has 28 heavy (non-hydrogen) atoms. The topological polar surface area (TPSA) is 88.8 Å². The number of ketones is 1. The molecule has 0 aliphatic rings. The molecule has 0 aliphatic carbocycles. The van der Waals surface area contributed by atoms with Gasteiger partial charge in [-0.25, -0.2) is 9.37 Å². The molecule has 2 aromatic carbocycles. The van der Waals surface area contributed by atoms with Gasteiger partial charge >= 0.3 is 0 Å². The maximum absolute atomic E-state index is 14.2. The van der Waals surface area contributed by atoms with Crippen LogP contribution in [0.5, 0.6) is 0 Å². The number of hydrogen-bond acceptors (Lipinski definition) is 3. The number of benzene rings is 2. The van der Waals surface area contributed by atoms with E-state index < -0.39 is 17.5 Å². The Morgan fingerprint density at radius 2 is 1.75 bits per heavy atom. The van der Waals surface area contributed by atoms with Gasteiger partial charge in [0.05, 0.1) is 5.56 Å². The van der Waals surface area contributed by atoms with Crippen LogP contribution in [0.15, 0.2) is 60.9 Å². The number of nitrogens with two attached hydrogens (primary N) is 1. The largest absolute Gasteiger partial charge is 0.366 e. The molecule has 0 saturated carbocycles. The minimum atomic E-state index is -0.736. The molecule has 3 N–H and O–H groups in total. The number of halogens is 2. The summed E-state index contributed by atoms with van der Waals surface area (Å²) in [5.41, 5.74) is 7.47. The lowest BCUT2D eigenvalue weighted by Gasteiger charge is -2.05. The SMILES string of the molecule is NC(=O)c1ccc(F)c(C(=O)c2c[nH]c3ncc(-c4ccc(Cl)cc4)cc23)c1. The summed E-state index contributed by atoms with van der Waals surface area (Å²) in [6.45, 7) is 0. The van der Waals surface area contributed by atoms with E-state index in [0.29, 0.717) is 16.1 Å². The Morgan fingerprint density at radius 1 is 1.00 bits per heavy atom. The van der Waals surface area contributed by atoms with Crippen molar-refractivity contribution in [2.75, 3.05) is 0 Å². The van der Waals surface area contributed by atoms with Crippen molar-refractivity contribution in [3.05, 3.63) is 88.5 Å². The molecular formula is C21H13ClFN3O2. The Kier molecular flexibility index (Phi) is 4.41. The van der Waals surface area contributed by atoms with Gasteiger partial charge in [0.2, 0.25) is 5.91 Å². The van der Waals surface area contributed by atoms with E-state index in [1.54, 1.807) is 24.4 Å². The number of H-pyrrole nitrogens is 1. The average Bonchev–Trinajstić information content (AvgIpc) is 3.11. The molecule has 0 radical (unpaired) electrons. The molecule has 0 bridgehead atoms. The third-order valence-corrected chi connectivity index (χ3v) is 4.70. The average molecular weight is 394 g/mol. The number of hydrogen-bond donors (Lipinski definition) is 2. The van der Waals surface area contributed by atoms with E-state index >= 15 is 0 Å². The summed E-state index contributed by atoms with van der Waals surface area (Å²) in [6, 6.07) is 12.5. The summed E-state index contributed by atoms with van der Waals surface area (Å²) in [5, 5.41) is 1.15. The zero-order chi connectivity index (χ0) is 19.8. The van der Waals surface area contributed by atoms with E-state index in [4.69, 9.17) is 17.3 Å². The molecule has 2 heterocycles. The van der Waals surface area contributed by atoms with Gasteiger partial charge in [-0.2, -0.15) is 0 Å². The van der Waals surface area contributed by atoms with Gasteiger partial charge < -0.3 is 10.7 Å². The molecule has 0 aliphatic heterocycles. The maximum atomic E-state index is 14.2. The fourth-order valence-electron chi connectivity index (χ4n) is 2.99. The van der Waals surface area contributed by atoms with Crippen LogP contribution in [-0.4, -0.2) is 21.7 Å². The minimum absolute atomic E-state index is 0.0598. The van der Waals surface area contributed by atoms with Gasteiger partial charge in [-0.05, 0) is 42.0 Å². The predicted octanol–water partition coefficient (Wildman–Crippen LogP) is 4.35. The summed E-state index contributed by atoms with van der Waals surface area (Å²) >= 11 is 5.93. The number of fused-ring (bicyclic) bond motifs is 1. The predicted molar refractivity (Wildman–Crippen MR) is 105 cm³/mol. The Labute approximate surface area is 164 Å². The van der Waals surface area contributed by atoms with Crippen molar-refractivity contribution in [3.63, 3.8) is 0 Å². The molecular weight excluding hydrogens is 381 g/mol. The van der Waals surface area contributed by atoms with Crippen LogP contribution >= 0.6 is 11.6 Å². The quantitative estimate of drug-likeness (QED) is 0.505. The Balaban J connectivity index is 1.82. The highest BCUT2D eigenvalue weighted by Crippen LogP contribution is 2.27. The van der Waals surface area contributed by atoms with Crippen LogP contribution in [0.4, 0.5) is 4.39 Å². The molecule has 4 aromatic rings. The number of nitrogens with zero attached hydrogens (tertiary/aromatic N) is 1. The maximum Gasteiger partial charge on any atom is 0.248 e. The van der Waals surface area contributed by atoms with E-state index in [-0.39, 0.29) is 16.7 Å². The highest BCUT2D eigenvalue weighted by Gasteiger charge is 2.20. The van der Waals surface area contributed by atoms with E-state index in [1.165, 1.54) is 12.3 Å². The lowest BCUT2D eigenvalue weighted by molar-refractivity contribution is 0.1000. The Hall–Kier alpha value is -3.51. The first-order valence-electron chi connectivity index (χ1n) is 8.31. The highest BCUT2D eigenvalue weighted by atomic mass is 35.5. The smallest absolute Gasteiger partial charge is 0.248 e. The van der Waals surface area contributed by atoms with Crippen molar-refractivity contribution in [2.45, 2.75) is 0 Å².